The highest BCUT2D eigenvalue weighted by molar-refractivity contribution is 5.92. The minimum atomic E-state index is -1.22. The molecule has 2 N–H and O–H groups in total. The van der Waals surface area contributed by atoms with Gasteiger partial charge in [-0.15, -0.1) is 0 Å². The third-order valence-electron chi connectivity index (χ3n) is 3.69. The van der Waals surface area contributed by atoms with Crippen LogP contribution < -0.4 is 5.32 Å². The second-order valence-electron chi connectivity index (χ2n) is 4.76. The molecule has 0 aromatic rings. The van der Waals surface area contributed by atoms with Gasteiger partial charge >= 0.3 is 5.97 Å². The summed E-state index contributed by atoms with van der Waals surface area (Å²) in [5, 5.41) is 11.8. The lowest BCUT2D eigenvalue weighted by Crippen LogP contribution is -2.55. The highest BCUT2D eigenvalue weighted by atomic mass is 16.4. The number of carbonyl (C=O) groups excluding carboxylic acids is 2. The molecule has 0 radical (unpaired) electrons. The molecule has 1 aliphatic rings. The van der Waals surface area contributed by atoms with Gasteiger partial charge in [-0.1, -0.05) is 13.8 Å². The molecule has 1 saturated heterocycles. The van der Waals surface area contributed by atoms with Gasteiger partial charge in [0.2, 0.25) is 11.8 Å². The van der Waals surface area contributed by atoms with E-state index in [9.17, 15) is 19.5 Å². The molecule has 1 rings (SSSR count). The fourth-order valence-electron chi connectivity index (χ4n) is 2.16. The number of nitrogens with zero attached hydrogens (tertiary/aromatic N) is 1. The first-order chi connectivity index (χ1) is 8.36. The van der Waals surface area contributed by atoms with E-state index in [1.807, 2.05) is 0 Å². The summed E-state index contributed by atoms with van der Waals surface area (Å²) in [5.41, 5.74) is -1.22. The van der Waals surface area contributed by atoms with E-state index in [-0.39, 0.29) is 18.2 Å². The first-order valence-corrected chi connectivity index (χ1v) is 6.15. The van der Waals surface area contributed by atoms with Gasteiger partial charge < -0.3 is 15.3 Å². The highest BCUT2D eigenvalue weighted by Crippen LogP contribution is 2.20. The summed E-state index contributed by atoms with van der Waals surface area (Å²) in [6.45, 7) is 3.81. The molecule has 6 heteroatoms. The average Bonchev–Trinajstić information content (AvgIpc) is 2.66. The number of carbonyl (C=O) groups is 3. The summed E-state index contributed by atoms with van der Waals surface area (Å²) in [5.74, 6) is -1.90. The molecule has 1 unspecified atom stereocenters. The van der Waals surface area contributed by atoms with Crippen molar-refractivity contribution in [3.05, 3.63) is 0 Å². The van der Waals surface area contributed by atoms with Gasteiger partial charge in [0.25, 0.3) is 0 Å². The Morgan fingerprint density at radius 2 is 2.00 bits per heavy atom. The molecule has 0 aromatic carbocycles. The number of carboxylic acid groups (broad SMARTS) is 1. The summed E-state index contributed by atoms with van der Waals surface area (Å²) in [6, 6.07) is 0. The number of carboxylic acids is 1. The zero-order valence-corrected chi connectivity index (χ0v) is 11.0. The van der Waals surface area contributed by atoms with Crippen LogP contribution in [0.1, 0.15) is 33.1 Å². The maximum atomic E-state index is 12.0. The first kappa shape index (κ1) is 14.5. The highest BCUT2D eigenvalue weighted by Gasteiger charge is 2.40. The Kier molecular flexibility index (Phi) is 4.32. The number of hydrogen-bond donors (Lipinski definition) is 2. The molecule has 1 aliphatic heterocycles. The van der Waals surface area contributed by atoms with Crippen LogP contribution in [0.4, 0.5) is 0 Å². The monoisotopic (exact) mass is 256 g/mol. The fraction of sp³-hybridized carbons (Fsp3) is 0.750. The van der Waals surface area contributed by atoms with Crippen LogP contribution in [0.2, 0.25) is 0 Å². The van der Waals surface area contributed by atoms with Crippen LogP contribution in [0, 0.1) is 5.92 Å². The van der Waals surface area contributed by atoms with E-state index in [0.29, 0.717) is 19.4 Å². The lowest BCUT2D eigenvalue weighted by atomic mass is 9.91. The minimum Gasteiger partial charge on any atom is -0.480 e. The SMILES string of the molecule is CCC(CC)(NC(=O)C1CC(=O)N(C)C1)C(=O)O. The predicted octanol–water partition coefficient (Wildman–Crippen LogP) is 0.224. The molecular formula is C12H20N2O4. The summed E-state index contributed by atoms with van der Waals surface area (Å²) < 4.78 is 0. The molecular weight excluding hydrogens is 236 g/mol. The lowest BCUT2D eigenvalue weighted by Gasteiger charge is -2.29. The van der Waals surface area contributed by atoms with Crippen LogP contribution in [0.3, 0.4) is 0 Å². The van der Waals surface area contributed by atoms with Crippen molar-refractivity contribution in [1.82, 2.24) is 10.2 Å². The number of hydrogen-bond acceptors (Lipinski definition) is 3. The van der Waals surface area contributed by atoms with E-state index in [1.165, 1.54) is 4.90 Å². The molecule has 2 amide bonds. The Hall–Kier alpha value is -1.59. The number of aliphatic carboxylic acids is 1. The van der Waals surface area contributed by atoms with Gasteiger partial charge in [-0.25, -0.2) is 4.79 Å². The molecule has 1 atom stereocenters. The van der Waals surface area contributed by atoms with Crippen LogP contribution in [0.15, 0.2) is 0 Å². The number of rotatable bonds is 5. The molecule has 0 saturated carbocycles. The van der Waals surface area contributed by atoms with Gasteiger partial charge in [0.15, 0.2) is 0 Å². The Labute approximate surface area is 106 Å². The minimum absolute atomic E-state index is 0.0796. The summed E-state index contributed by atoms with van der Waals surface area (Å²) in [7, 11) is 1.64. The molecule has 102 valence electrons. The van der Waals surface area contributed by atoms with Crippen LogP contribution in [-0.4, -0.2) is 46.9 Å². The van der Waals surface area contributed by atoms with Gasteiger partial charge in [-0.2, -0.15) is 0 Å². The van der Waals surface area contributed by atoms with Gasteiger partial charge in [-0.05, 0) is 12.8 Å². The number of nitrogens with one attached hydrogen (secondary N) is 1. The van der Waals surface area contributed by atoms with Crippen LogP contribution in [0.5, 0.6) is 0 Å². The molecule has 0 spiro atoms. The maximum absolute atomic E-state index is 12.0. The van der Waals surface area contributed by atoms with Gasteiger partial charge in [-0.3, -0.25) is 9.59 Å². The molecule has 0 aliphatic carbocycles. The van der Waals surface area contributed by atoms with Crippen molar-refractivity contribution in [2.24, 2.45) is 5.92 Å². The third kappa shape index (κ3) is 2.63. The van der Waals surface area contributed by atoms with Crippen molar-refractivity contribution in [2.75, 3.05) is 13.6 Å². The van der Waals surface area contributed by atoms with Crippen molar-refractivity contribution in [2.45, 2.75) is 38.6 Å². The largest absolute Gasteiger partial charge is 0.480 e. The van der Waals surface area contributed by atoms with Gasteiger partial charge in [0, 0.05) is 20.0 Å². The molecule has 18 heavy (non-hydrogen) atoms. The average molecular weight is 256 g/mol. The second kappa shape index (κ2) is 5.37. The molecule has 1 fully saturated rings. The quantitative estimate of drug-likeness (QED) is 0.737. The second-order valence-corrected chi connectivity index (χ2v) is 4.76. The summed E-state index contributed by atoms with van der Waals surface area (Å²) in [6.07, 6.45) is 0.799. The van der Waals surface area contributed by atoms with E-state index in [4.69, 9.17) is 0 Å². The van der Waals surface area contributed by atoms with E-state index in [1.54, 1.807) is 20.9 Å². The Morgan fingerprint density at radius 1 is 1.44 bits per heavy atom. The fourth-order valence-corrected chi connectivity index (χ4v) is 2.16. The van der Waals surface area contributed by atoms with E-state index >= 15 is 0 Å². The maximum Gasteiger partial charge on any atom is 0.329 e. The predicted molar refractivity (Wildman–Crippen MR) is 64.8 cm³/mol. The van der Waals surface area contributed by atoms with Gasteiger partial charge in [0.05, 0.1) is 5.92 Å². The number of amides is 2. The number of likely N-dealkylation sites (tertiary alicyclic amines) is 1. The van der Waals surface area contributed by atoms with E-state index in [2.05, 4.69) is 5.32 Å². The topological polar surface area (TPSA) is 86.7 Å². The Balaban J connectivity index is 2.74. The zero-order valence-electron chi connectivity index (χ0n) is 11.0. The standard InChI is InChI=1S/C12H20N2O4/c1-4-12(5-2,11(17)18)13-10(16)8-6-9(15)14(3)7-8/h8H,4-7H2,1-3H3,(H,13,16)(H,17,18). The Bertz CT molecular complexity index is 363. The molecule has 0 bridgehead atoms. The van der Waals surface area contributed by atoms with E-state index < -0.39 is 17.4 Å². The van der Waals surface area contributed by atoms with Crippen LogP contribution in [-0.2, 0) is 14.4 Å². The van der Waals surface area contributed by atoms with Crippen LogP contribution in [0.25, 0.3) is 0 Å². The van der Waals surface area contributed by atoms with Crippen molar-refractivity contribution >= 4 is 17.8 Å². The van der Waals surface area contributed by atoms with Crippen molar-refractivity contribution in [1.29, 1.82) is 0 Å². The Morgan fingerprint density at radius 3 is 2.33 bits per heavy atom. The third-order valence-corrected chi connectivity index (χ3v) is 3.69. The van der Waals surface area contributed by atoms with Crippen LogP contribution >= 0.6 is 0 Å². The van der Waals surface area contributed by atoms with Crippen molar-refractivity contribution in [3.63, 3.8) is 0 Å². The summed E-state index contributed by atoms with van der Waals surface area (Å²) in [4.78, 5) is 36.1. The van der Waals surface area contributed by atoms with Gasteiger partial charge in [0.1, 0.15) is 5.54 Å². The first-order valence-electron chi connectivity index (χ1n) is 6.15. The molecule has 1 heterocycles. The normalized spacial score (nSPS) is 20.1. The zero-order chi connectivity index (χ0) is 13.9. The van der Waals surface area contributed by atoms with Crippen molar-refractivity contribution in [3.8, 4) is 0 Å². The smallest absolute Gasteiger partial charge is 0.329 e. The summed E-state index contributed by atoms with van der Waals surface area (Å²) >= 11 is 0. The molecule has 6 nitrogen and oxygen atoms in total. The molecule has 0 aromatic heterocycles. The van der Waals surface area contributed by atoms with Crippen molar-refractivity contribution < 1.29 is 19.5 Å². The van der Waals surface area contributed by atoms with E-state index in [0.717, 1.165) is 0 Å². The lowest BCUT2D eigenvalue weighted by molar-refractivity contribution is -0.148.